The van der Waals surface area contributed by atoms with Crippen molar-refractivity contribution in [1.29, 1.82) is 0 Å². The Kier molecular flexibility index (Phi) is 11.1. The topological polar surface area (TPSA) is 188 Å². The van der Waals surface area contributed by atoms with E-state index < -0.39 is 54.0 Å². The van der Waals surface area contributed by atoms with Crippen molar-refractivity contribution in [2.45, 2.75) is 75.7 Å². The molecule has 8 N–H and O–H groups in total. The number of likely N-dealkylation sites (tertiary alicyclic amines) is 1. The van der Waals surface area contributed by atoms with E-state index in [9.17, 15) is 29.4 Å². The molecule has 1 aliphatic heterocycles. The van der Waals surface area contributed by atoms with E-state index in [0.717, 1.165) is 5.56 Å². The Balaban J connectivity index is 2.23. The smallest absolute Gasteiger partial charge is 0.326 e. The molecule has 0 aliphatic carbocycles. The first-order valence-corrected chi connectivity index (χ1v) is 12.0. The van der Waals surface area contributed by atoms with Crippen molar-refractivity contribution in [3.63, 3.8) is 0 Å². The summed E-state index contributed by atoms with van der Waals surface area (Å²) in [5, 5.41) is 24.5. The van der Waals surface area contributed by atoms with Gasteiger partial charge in [0.05, 0.1) is 6.10 Å². The number of carboxylic acids is 1. The quantitative estimate of drug-likeness (QED) is 0.192. The van der Waals surface area contributed by atoms with Crippen LogP contribution in [0.2, 0.25) is 0 Å². The van der Waals surface area contributed by atoms with Gasteiger partial charge in [0.25, 0.3) is 0 Å². The van der Waals surface area contributed by atoms with Gasteiger partial charge in [0, 0.05) is 13.0 Å². The van der Waals surface area contributed by atoms with Crippen molar-refractivity contribution in [2.75, 3.05) is 13.1 Å². The van der Waals surface area contributed by atoms with Crippen LogP contribution in [0.25, 0.3) is 0 Å². The van der Waals surface area contributed by atoms with E-state index in [1.165, 1.54) is 11.8 Å². The standard InChI is InChI=1S/C24H37N5O6/c1-15(30)20(26)22(32)28-18(14-16-8-3-2-4-9-16)21(31)27-17(10-5-6-12-25)23(33)29-13-7-11-19(29)24(34)35/h2-4,8-9,15,17-20,30H,5-7,10-14,25-26H2,1H3,(H,27,31)(H,28,32)(H,34,35). The van der Waals surface area contributed by atoms with Gasteiger partial charge in [-0.25, -0.2) is 4.79 Å². The van der Waals surface area contributed by atoms with Gasteiger partial charge in [-0.15, -0.1) is 0 Å². The van der Waals surface area contributed by atoms with Crippen LogP contribution in [0.15, 0.2) is 30.3 Å². The van der Waals surface area contributed by atoms with Gasteiger partial charge in [0.2, 0.25) is 17.7 Å². The summed E-state index contributed by atoms with van der Waals surface area (Å²) in [7, 11) is 0. The largest absolute Gasteiger partial charge is 0.480 e. The second-order valence-electron chi connectivity index (χ2n) is 8.89. The van der Waals surface area contributed by atoms with Gasteiger partial charge in [-0.1, -0.05) is 30.3 Å². The molecule has 5 atom stereocenters. The average Bonchev–Trinajstić information content (AvgIpc) is 3.33. The van der Waals surface area contributed by atoms with Gasteiger partial charge in [0.15, 0.2) is 0 Å². The van der Waals surface area contributed by atoms with Gasteiger partial charge >= 0.3 is 5.97 Å². The SMILES string of the molecule is CC(O)C(N)C(=O)NC(Cc1ccccc1)C(=O)NC(CCCCN)C(=O)N1CCCC1C(=O)O. The van der Waals surface area contributed by atoms with Crippen molar-refractivity contribution in [3.05, 3.63) is 35.9 Å². The molecule has 11 nitrogen and oxygen atoms in total. The minimum Gasteiger partial charge on any atom is -0.480 e. The average molecular weight is 492 g/mol. The van der Waals surface area contributed by atoms with E-state index in [1.807, 2.05) is 6.07 Å². The van der Waals surface area contributed by atoms with Crippen LogP contribution in [-0.2, 0) is 25.6 Å². The number of aliphatic hydroxyl groups excluding tert-OH is 1. The number of unbranched alkanes of at least 4 members (excludes halogenated alkanes) is 1. The number of hydrogen-bond acceptors (Lipinski definition) is 7. The number of benzene rings is 1. The zero-order chi connectivity index (χ0) is 26.0. The van der Waals surface area contributed by atoms with E-state index in [-0.39, 0.29) is 12.8 Å². The Morgan fingerprint density at radius 2 is 1.74 bits per heavy atom. The second kappa shape index (κ2) is 13.8. The summed E-state index contributed by atoms with van der Waals surface area (Å²) in [6, 6.07) is 4.83. The molecular formula is C24H37N5O6. The Morgan fingerprint density at radius 3 is 2.34 bits per heavy atom. The third kappa shape index (κ3) is 8.30. The lowest BCUT2D eigenvalue weighted by Gasteiger charge is -2.29. The van der Waals surface area contributed by atoms with Gasteiger partial charge < -0.3 is 37.2 Å². The van der Waals surface area contributed by atoms with Crippen molar-refractivity contribution in [1.82, 2.24) is 15.5 Å². The summed E-state index contributed by atoms with van der Waals surface area (Å²) in [5.74, 6) is -2.85. The Morgan fingerprint density at radius 1 is 1.09 bits per heavy atom. The number of aliphatic hydroxyl groups is 1. The maximum Gasteiger partial charge on any atom is 0.326 e. The van der Waals surface area contributed by atoms with Gasteiger partial charge in [-0.3, -0.25) is 14.4 Å². The maximum atomic E-state index is 13.3. The van der Waals surface area contributed by atoms with Crippen LogP contribution in [0.1, 0.15) is 44.6 Å². The molecule has 1 aliphatic rings. The zero-order valence-corrected chi connectivity index (χ0v) is 20.1. The predicted octanol–water partition coefficient (Wildman–Crippen LogP) is -0.889. The first-order chi connectivity index (χ1) is 16.6. The molecule has 2 rings (SSSR count). The molecule has 1 saturated heterocycles. The van der Waals surface area contributed by atoms with Gasteiger partial charge in [0.1, 0.15) is 24.2 Å². The molecule has 5 unspecified atom stereocenters. The molecule has 35 heavy (non-hydrogen) atoms. The lowest BCUT2D eigenvalue weighted by Crippen LogP contribution is -2.58. The van der Waals surface area contributed by atoms with Crippen molar-refractivity contribution in [2.24, 2.45) is 11.5 Å². The van der Waals surface area contributed by atoms with Gasteiger partial charge in [-0.2, -0.15) is 0 Å². The van der Waals surface area contributed by atoms with Crippen LogP contribution >= 0.6 is 0 Å². The van der Waals surface area contributed by atoms with E-state index >= 15 is 0 Å². The molecule has 1 aromatic rings. The molecule has 1 fully saturated rings. The summed E-state index contributed by atoms with van der Waals surface area (Å²) in [6.45, 7) is 2.09. The highest BCUT2D eigenvalue weighted by atomic mass is 16.4. The number of aliphatic carboxylic acids is 1. The van der Waals surface area contributed by atoms with Crippen molar-refractivity contribution >= 4 is 23.7 Å². The number of nitrogens with zero attached hydrogens (tertiary/aromatic N) is 1. The monoisotopic (exact) mass is 491 g/mol. The molecule has 0 saturated carbocycles. The minimum atomic E-state index is -1.23. The van der Waals surface area contributed by atoms with Gasteiger partial charge in [-0.05, 0) is 51.1 Å². The van der Waals surface area contributed by atoms with Crippen LogP contribution in [0, 0.1) is 0 Å². The van der Waals surface area contributed by atoms with Crippen LogP contribution in [0.4, 0.5) is 0 Å². The highest BCUT2D eigenvalue weighted by Crippen LogP contribution is 2.20. The fraction of sp³-hybridized carbons (Fsp3) is 0.583. The fourth-order valence-electron chi connectivity index (χ4n) is 4.06. The van der Waals surface area contributed by atoms with Crippen LogP contribution in [0.3, 0.4) is 0 Å². The molecule has 0 aromatic heterocycles. The highest BCUT2D eigenvalue weighted by Gasteiger charge is 2.38. The Hall–Kier alpha value is -3.02. The summed E-state index contributed by atoms with van der Waals surface area (Å²) in [5.41, 5.74) is 12.1. The molecule has 1 heterocycles. The number of amides is 3. The van der Waals surface area contributed by atoms with E-state index in [4.69, 9.17) is 11.5 Å². The lowest BCUT2D eigenvalue weighted by molar-refractivity contribution is -0.149. The molecule has 11 heteroatoms. The minimum absolute atomic E-state index is 0.135. The first kappa shape index (κ1) is 28.2. The fourth-order valence-corrected chi connectivity index (χ4v) is 4.06. The second-order valence-corrected chi connectivity index (χ2v) is 8.89. The number of nitrogens with two attached hydrogens (primary N) is 2. The predicted molar refractivity (Wildman–Crippen MR) is 129 cm³/mol. The lowest BCUT2D eigenvalue weighted by atomic mass is 10.0. The Bertz CT molecular complexity index is 865. The third-order valence-corrected chi connectivity index (χ3v) is 6.12. The van der Waals surface area contributed by atoms with Crippen molar-refractivity contribution in [3.8, 4) is 0 Å². The molecule has 0 spiro atoms. The highest BCUT2D eigenvalue weighted by molar-refractivity contribution is 5.94. The summed E-state index contributed by atoms with van der Waals surface area (Å²) in [6.07, 6.45) is 1.41. The van der Waals surface area contributed by atoms with Crippen LogP contribution in [0.5, 0.6) is 0 Å². The zero-order valence-electron chi connectivity index (χ0n) is 20.1. The van der Waals surface area contributed by atoms with Crippen LogP contribution < -0.4 is 22.1 Å². The molecule has 194 valence electrons. The number of nitrogens with one attached hydrogen (secondary N) is 2. The van der Waals surface area contributed by atoms with Crippen molar-refractivity contribution < 1.29 is 29.4 Å². The molecule has 1 aromatic carbocycles. The third-order valence-electron chi connectivity index (χ3n) is 6.12. The summed E-state index contributed by atoms with van der Waals surface area (Å²) < 4.78 is 0. The normalized spacial score (nSPS) is 18.9. The number of carboxylic acid groups (broad SMARTS) is 1. The maximum absolute atomic E-state index is 13.3. The van der Waals surface area contributed by atoms with Crippen LogP contribution in [-0.4, -0.2) is 82.2 Å². The molecule has 0 bridgehead atoms. The summed E-state index contributed by atoms with van der Waals surface area (Å²) in [4.78, 5) is 52.0. The summed E-state index contributed by atoms with van der Waals surface area (Å²) >= 11 is 0. The molecule has 0 radical (unpaired) electrons. The number of hydrogen-bond donors (Lipinski definition) is 6. The number of carbonyl (C=O) groups is 4. The number of carbonyl (C=O) groups excluding carboxylic acids is 3. The van der Waals surface area contributed by atoms with E-state index in [1.54, 1.807) is 24.3 Å². The Labute approximate surface area is 205 Å². The van der Waals surface area contributed by atoms with E-state index in [2.05, 4.69) is 10.6 Å². The first-order valence-electron chi connectivity index (χ1n) is 12.0. The molecule has 3 amide bonds. The number of rotatable bonds is 13. The molecular weight excluding hydrogens is 454 g/mol. The van der Waals surface area contributed by atoms with E-state index in [0.29, 0.717) is 38.8 Å².